The summed E-state index contributed by atoms with van der Waals surface area (Å²) in [6.07, 6.45) is -6.80. The number of hydrogen-bond donors (Lipinski definition) is 1. The second kappa shape index (κ2) is 12.8. The van der Waals surface area contributed by atoms with Gasteiger partial charge in [-0.2, -0.15) is 30.7 Å². The molecule has 15 heteroatoms. The van der Waals surface area contributed by atoms with E-state index in [-0.39, 0.29) is 30.8 Å². The van der Waals surface area contributed by atoms with Gasteiger partial charge in [0.25, 0.3) is 5.91 Å². The first-order chi connectivity index (χ1) is 18.6. The van der Waals surface area contributed by atoms with Crippen LogP contribution in [0.4, 0.5) is 37.7 Å². The summed E-state index contributed by atoms with van der Waals surface area (Å²) in [7, 11) is 4.98. The fraction of sp³-hybridized carbons (Fsp3) is 0.440. The molecule has 8 nitrogen and oxygen atoms in total. The number of alkyl halides is 6. The van der Waals surface area contributed by atoms with Gasteiger partial charge in [-0.25, -0.2) is 4.98 Å². The normalized spacial score (nSPS) is 12.1. The van der Waals surface area contributed by atoms with Gasteiger partial charge in [-0.1, -0.05) is 0 Å². The maximum absolute atomic E-state index is 13.2. The van der Waals surface area contributed by atoms with E-state index in [2.05, 4.69) is 19.7 Å². The number of rotatable bonds is 11. The third-order valence-electron chi connectivity index (χ3n) is 5.59. The quantitative estimate of drug-likeness (QED) is 0.236. The van der Waals surface area contributed by atoms with Crippen LogP contribution in [0.2, 0.25) is 0 Å². The van der Waals surface area contributed by atoms with Crippen LogP contribution in [-0.2, 0) is 12.6 Å². The fourth-order valence-corrected chi connectivity index (χ4v) is 4.64. The van der Waals surface area contributed by atoms with E-state index >= 15 is 0 Å². The molecule has 0 aliphatic heterocycles. The first-order valence-corrected chi connectivity index (χ1v) is 12.8. The van der Waals surface area contributed by atoms with Gasteiger partial charge in [0.15, 0.2) is 5.69 Å². The molecule has 3 aromatic rings. The number of benzene rings is 1. The van der Waals surface area contributed by atoms with E-state index in [1.165, 1.54) is 7.05 Å². The summed E-state index contributed by atoms with van der Waals surface area (Å²) in [4.78, 5) is 23.9. The Morgan fingerprint density at radius 1 is 1.07 bits per heavy atom. The maximum atomic E-state index is 13.2. The third-order valence-corrected chi connectivity index (χ3v) is 6.52. The number of aromatic nitrogens is 3. The Morgan fingerprint density at radius 3 is 2.40 bits per heavy atom. The van der Waals surface area contributed by atoms with Gasteiger partial charge in [-0.05, 0) is 44.1 Å². The molecule has 1 amide bonds. The summed E-state index contributed by atoms with van der Waals surface area (Å²) in [5, 5.41) is 2.79. The number of nitrogens with one attached hydrogen (secondary N) is 1. The molecule has 2 aromatic heterocycles. The zero-order valence-corrected chi connectivity index (χ0v) is 23.0. The number of carbonyl (C=O) groups excluding carboxylic acids is 1. The van der Waals surface area contributed by atoms with Crippen molar-refractivity contribution in [2.24, 2.45) is 0 Å². The summed E-state index contributed by atoms with van der Waals surface area (Å²) in [6, 6.07) is 5.02. The summed E-state index contributed by atoms with van der Waals surface area (Å²) >= 11 is 1.04. The molecular formula is C25H28F6N6O2S. The summed E-state index contributed by atoms with van der Waals surface area (Å²) < 4.78 is 86.0. The van der Waals surface area contributed by atoms with E-state index in [0.717, 1.165) is 22.6 Å². The predicted molar refractivity (Wildman–Crippen MR) is 139 cm³/mol. The fourth-order valence-electron chi connectivity index (χ4n) is 3.76. The Bertz CT molecular complexity index is 1290. The molecule has 1 aromatic carbocycles. The van der Waals surface area contributed by atoms with Gasteiger partial charge in [0, 0.05) is 49.9 Å². The molecule has 40 heavy (non-hydrogen) atoms. The molecular weight excluding hydrogens is 562 g/mol. The second-order valence-electron chi connectivity index (χ2n) is 9.22. The Labute approximate surface area is 231 Å². The molecule has 0 radical (unpaired) electrons. The van der Waals surface area contributed by atoms with Crippen molar-refractivity contribution in [1.29, 1.82) is 0 Å². The van der Waals surface area contributed by atoms with E-state index in [1.54, 1.807) is 44.1 Å². The summed E-state index contributed by atoms with van der Waals surface area (Å²) in [5.41, 5.74) is 0.974. The largest absolute Gasteiger partial charge is 0.491 e. The Balaban J connectivity index is 1.70. The molecule has 2 heterocycles. The van der Waals surface area contributed by atoms with E-state index in [4.69, 9.17) is 4.74 Å². The molecule has 0 bridgehead atoms. The van der Waals surface area contributed by atoms with Crippen LogP contribution < -0.4 is 15.0 Å². The minimum atomic E-state index is -4.61. The van der Waals surface area contributed by atoms with Gasteiger partial charge in [0.05, 0.1) is 42.0 Å². The lowest BCUT2D eigenvalue weighted by molar-refractivity contribution is -0.143. The van der Waals surface area contributed by atoms with Crippen LogP contribution in [0.5, 0.6) is 5.75 Å². The van der Waals surface area contributed by atoms with Crippen molar-refractivity contribution in [3.05, 3.63) is 58.1 Å². The molecule has 0 aliphatic carbocycles. The molecule has 0 unspecified atom stereocenters. The van der Waals surface area contributed by atoms with Crippen molar-refractivity contribution in [1.82, 2.24) is 19.2 Å². The number of hydrogen-bond acceptors (Lipinski definition) is 8. The van der Waals surface area contributed by atoms with Crippen molar-refractivity contribution >= 4 is 28.8 Å². The molecule has 0 saturated heterocycles. The number of carbonyl (C=O) groups is 1. The Kier molecular flexibility index (Phi) is 9.95. The van der Waals surface area contributed by atoms with Gasteiger partial charge >= 0.3 is 12.4 Å². The van der Waals surface area contributed by atoms with Crippen LogP contribution in [0, 0.1) is 6.92 Å². The summed E-state index contributed by atoms with van der Waals surface area (Å²) in [5.74, 6) is -0.0415. The van der Waals surface area contributed by atoms with Gasteiger partial charge in [0.2, 0.25) is 0 Å². The lowest BCUT2D eigenvalue weighted by Crippen LogP contribution is -2.32. The first kappa shape index (κ1) is 31.1. The minimum Gasteiger partial charge on any atom is -0.491 e. The van der Waals surface area contributed by atoms with Crippen molar-refractivity contribution in [3.8, 4) is 5.75 Å². The van der Waals surface area contributed by atoms with Crippen LogP contribution in [0.25, 0.3) is 0 Å². The van der Waals surface area contributed by atoms with Crippen molar-refractivity contribution in [3.63, 3.8) is 0 Å². The van der Waals surface area contributed by atoms with Crippen molar-refractivity contribution < 1.29 is 35.9 Å². The predicted octanol–water partition coefficient (Wildman–Crippen LogP) is 5.43. The van der Waals surface area contributed by atoms with Gasteiger partial charge in [0.1, 0.15) is 5.75 Å². The van der Waals surface area contributed by atoms with Crippen LogP contribution >= 0.6 is 11.5 Å². The monoisotopic (exact) mass is 590 g/mol. The van der Waals surface area contributed by atoms with Gasteiger partial charge in [-0.3, -0.25) is 14.7 Å². The Morgan fingerprint density at radius 2 is 1.80 bits per heavy atom. The van der Waals surface area contributed by atoms with E-state index in [1.807, 2.05) is 0 Å². The SMILES string of the molecule is Cc1nsc(Cc2cnc(C(F)(F)F)cn2)c1C(=O)Nc1ccc(N(C)C)c(OCCCN(C)CC(F)(F)F)c1. The number of anilines is 2. The standard InChI is InChI=1S/C25H28F6N6O2S/c1-15-22(20(40-35-15)11-17-12-33-21(13-32-17)25(29,30)31)23(38)34-16-6-7-18(36(2)3)19(10-16)39-9-5-8-37(4)14-24(26,27)28/h6-7,10,12-13H,5,8-9,11,14H2,1-4H3,(H,34,38). The molecule has 218 valence electrons. The highest BCUT2D eigenvalue weighted by Gasteiger charge is 2.33. The molecule has 0 saturated carbocycles. The average molecular weight is 591 g/mol. The van der Waals surface area contributed by atoms with Crippen LogP contribution in [-0.4, -0.2) is 72.2 Å². The van der Waals surface area contributed by atoms with Crippen LogP contribution in [0.1, 0.15) is 38.7 Å². The zero-order valence-electron chi connectivity index (χ0n) is 22.2. The molecule has 0 atom stereocenters. The number of halogens is 6. The number of nitrogens with zero attached hydrogens (tertiary/aromatic N) is 5. The van der Waals surface area contributed by atoms with Crippen LogP contribution in [0.3, 0.4) is 0 Å². The molecule has 3 rings (SSSR count). The second-order valence-corrected chi connectivity index (χ2v) is 10.1. The van der Waals surface area contributed by atoms with Gasteiger partial charge in [-0.15, -0.1) is 0 Å². The highest BCUT2D eigenvalue weighted by atomic mass is 32.1. The number of amides is 1. The van der Waals surface area contributed by atoms with Crippen molar-refractivity contribution in [2.45, 2.75) is 32.1 Å². The highest BCUT2D eigenvalue weighted by Crippen LogP contribution is 2.32. The summed E-state index contributed by atoms with van der Waals surface area (Å²) in [6.45, 7) is 0.977. The smallest absolute Gasteiger partial charge is 0.434 e. The topological polar surface area (TPSA) is 83.5 Å². The maximum Gasteiger partial charge on any atom is 0.434 e. The number of aryl methyl sites for hydroxylation is 1. The lowest BCUT2D eigenvalue weighted by atomic mass is 10.1. The molecule has 0 spiro atoms. The minimum absolute atomic E-state index is 0.0656. The Hall–Kier alpha value is -3.46. The van der Waals surface area contributed by atoms with E-state index in [9.17, 15) is 31.1 Å². The number of ether oxygens (including phenoxy) is 1. The van der Waals surface area contributed by atoms with Crippen LogP contribution in [0.15, 0.2) is 30.6 Å². The third kappa shape index (κ3) is 8.78. The molecule has 1 N–H and O–H groups in total. The molecule has 0 aliphatic rings. The average Bonchev–Trinajstić information content (AvgIpc) is 3.20. The van der Waals surface area contributed by atoms with E-state index in [0.29, 0.717) is 40.3 Å². The van der Waals surface area contributed by atoms with E-state index < -0.39 is 30.5 Å². The van der Waals surface area contributed by atoms with Gasteiger partial charge < -0.3 is 15.0 Å². The molecule has 0 fully saturated rings. The zero-order chi connectivity index (χ0) is 29.7. The van der Waals surface area contributed by atoms with Crippen molar-refractivity contribution in [2.75, 3.05) is 51.1 Å². The first-order valence-electron chi connectivity index (χ1n) is 12.0. The highest BCUT2D eigenvalue weighted by molar-refractivity contribution is 7.06. The lowest BCUT2D eigenvalue weighted by Gasteiger charge is -2.21.